The van der Waals surface area contributed by atoms with Crippen LogP contribution in [0.3, 0.4) is 0 Å². The fourth-order valence-corrected chi connectivity index (χ4v) is 6.20. The van der Waals surface area contributed by atoms with Crippen LogP contribution in [0.15, 0.2) is 83.9 Å². The molecule has 2 heterocycles. The highest BCUT2D eigenvalue weighted by atomic mass is 32.1. The summed E-state index contributed by atoms with van der Waals surface area (Å²) in [6.45, 7) is 5.09. The Kier molecular flexibility index (Phi) is 10.3. The van der Waals surface area contributed by atoms with Crippen LogP contribution in [0.4, 0.5) is 11.6 Å². The molecule has 1 aliphatic rings. The molecule has 1 fully saturated rings. The lowest BCUT2D eigenvalue weighted by Crippen LogP contribution is -2.48. The second-order valence-electron chi connectivity index (χ2n) is 11.1. The molecule has 0 amide bonds. The molecular formula is C35H40N6O4S. The first-order valence-electron chi connectivity index (χ1n) is 15.1. The van der Waals surface area contributed by atoms with Crippen molar-refractivity contribution in [2.45, 2.75) is 32.3 Å². The summed E-state index contributed by atoms with van der Waals surface area (Å²) in [5.41, 5.74) is 2.92. The van der Waals surface area contributed by atoms with Crippen LogP contribution in [0.25, 0.3) is 0 Å². The van der Waals surface area contributed by atoms with Crippen LogP contribution < -0.4 is 24.8 Å². The molecule has 3 N–H and O–H groups in total. The number of methoxy groups -OCH3 is 3. The zero-order chi connectivity index (χ0) is 32.7. The molecule has 1 aliphatic heterocycles. The van der Waals surface area contributed by atoms with Crippen LogP contribution in [0.1, 0.15) is 35.4 Å². The lowest BCUT2D eigenvalue weighted by atomic mass is 9.72. The van der Waals surface area contributed by atoms with E-state index in [4.69, 9.17) is 31.4 Å². The zero-order valence-electron chi connectivity index (χ0n) is 26.8. The van der Waals surface area contributed by atoms with Crippen LogP contribution in [0.5, 0.6) is 17.2 Å². The van der Waals surface area contributed by atoms with Crippen LogP contribution in [0.2, 0.25) is 0 Å². The Morgan fingerprint density at radius 3 is 1.83 bits per heavy atom. The number of aliphatic imine (C=N–C) groups is 1. The molecule has 0 atom stereocenters. The van der Waals surface area contributed by atoms with Gasteiger partial charge >= 0.3 is 0 Å². The Labute approximate surface area is 275 Å². The van der Waals surface area contributed by atoms with Gasteiger partial charge in [0.25, 0.3) is 0 Å². The first-order chi connectivity index (χ1) is 22.2. The molecule has 4 aromatic rings. The van der Waals surface area contributed by atoms with E-state index in [2.05, 4.69) is 25.5 Å². The topological polar surface area (TPSA) is 113 Å². The first kappa shape index (κ1) is 32.6. The SMILES string of the molecule is COc1cc(NC(=S)/N=C(/Nc2nc(C)cc(C)n2)N2CCC(C(O)(c3ccccc3)c3ccccc3)CC2)cc(OC)c1OC. The molecule has 0 saturated carbocycles. The number of piperidine rings is 1. The third-order valence-corrected chi connectivity index (χ3v) is 8.34. The number of nitrogens with zero attached hydrogens (tertiary/aromatic N) is 4. The minimum Gasteiger partial charge on any atom is -0.493 e. The van der Waals surface area contributed by atoms with E-state index < -0.39 is 5.60 Å². The molecule has 0 radical (unpaired) electrons. The average Bonchev–Trinajstić information content (AvgIpc) is 3.07. The second-order valence-corrected chi connectivity index (χ2v) is 11.5. The normalized spacial score (nSPS) is 14.0. The van der Waals surface area contributed by atoms with Crippen LogP contribution >= 0.6 is 12.2 Å². The van der Waals surface area contributed by atoms with Gasteiger partial charge < -0.3 is 29.5 Å². The average molecular weight is 641 g/mol. The van der Waals surface area contributed by atoms with Crippen molar-refractivity contribution in [3.05, 3.63) is 101 Å². The van der Waals surface area contributed by atoms with Gasteiger partial charge in [0.1, 0.15) is 5.60 Å². The Morgan fingerprint density at radius 1 is 0.826 bits per heavy atom. The summed E-state index contributed by atoms with van der Waals surface area (Å²) in [4.78, 5) is 16.1. The minimum absolute atomic E-state index is 0.0310. The second kappa shape index (κ2) is 14.6. The summed E-state index contributed by atoms with van der Waals surface area (Å²) in [5.74, 6) is 2.37. The maximum Gasteiger partial charge on any atom is 0.229 e. The van der Waals surface area contributed by atoms with Gasteiger partial charge in [-0.15, -0.1) is 0 Å². The fraction of sp³-hybridized carbons (Fsp3) is 0.314. The summed E-state index contributed by atoms with van der Waals surface area (Å²) < 4.78 is 16.4. The quantitative estimate of drug-likeness (QED) is 0.122. The number of rotatable bonds is 8. The van der Waals surface area contributed by atoms with Gasteiger partial charge in [-0.1, -0.05) is 60.7 Å². The number of aryl methyl sites for hydroxylation is 2. The van der Waals surface area contributed by atoms with E-state index in [1.807, 2.05) is 80.6 Å². The summed E-state index contributed by atoms with van der Waals surface area (Å²) in [6, 6.07) is 25.3. The van der Waals surface area contributed by atoms with Crippen LogP contribution in [-0.4, -0.2) is 65.5 Å². The molecule has 1 aromatic heterocycles. The van der Waals surface area contributed by atoms with Crippen molar-refractivity contribution >= 4 is 34.9 Å². The highest BCUT2D eigenvalue weighted by Crippen LogP contribution is 2.42. The van der Waals surface area contributed by atoms with Crippen LogP contribution in [0, 0.1) is 19.8 Å². The van der Waals surface area contributed by atoms with Gasteiger partial charge in [-0.25, -0.2) is 9.97 Å². The number of likely N-dealkylation sites (tertiary alicyclic amines) is 1. The van der Waals surface area contributed by atoms with Crippen molar-refractivity contribution in [1.82, 2.24) is 14.9 Å². The minimum atomic E-state index is -1.14. The van der Waals surface area contributed by atoms with E-state index in [1.165, 1.54) is 0 Å². The molecule has 3 aromatic carbocycles. The van der Waals surface area contributed by atoms with Crippen molar-refractivity contribution in [3.63, 3.8) is 0 Å². The molecular weight excluding hydrogens is 600 g/mol. The van der Waals surface area contributed by atoms with Gasteiger partial charge in [0.05, 0.1) is 21.3 Å². The van der Waals surface area contributed by atoms with Gasteiger partial charge in [-0.05, 0) is 62.0 Å². The van der Waals surface area contributed by atoms with Gasteiger partial charge in [0, 0.05) is 42.3 Å². The van der Waals surface area contributed by atoms with E-state index in [0.29, 0.717) is 60.8 Å². The number of anilines is 2. The van der Waals surface area contributed by atoms with Crippen molar-refractivity contribution < 1.29 is 19.3 Å². The maximum absolute atomic E-state index is 12.4. The monoisotopic (exact) mass is 640 g/mol. The molecule has 0 aliphatic carbocycles. The Morgan fingerprint density at radius 2 is 1.35 bits per heavy atom. The Hall–Kier alpha value is -4.74. The summed E-state index contributed by atoms with van der Waals surface area (Å²) in [6.07, 6.45) is 1.42. The van der Waals surface area contributed by atoms with Gasteiger partial charge in [-0.2, -0.15) is 4.99 Å². The summed E-state index contributed by atoms with van der Waals surface area (Å²) in [5, 5.41) is 19.1. The molecule has 0 bridgehead atoms. The number of hydrogen-bond acceptors (Lipinski definition) is 7. The van der Waals surface area contributed by atoms with E-state index in [1.54, 1.807) is 33.5 Å². The third kappa shape index (κ3) is 7.21. The van der Waals surface area contributed by atoms with Crippen molar-refractivity contribution in [2.75, 3.05) is 45.1 Å². The van der Waals surface area contributed by atoms with E-state index in [0.717, 1.165) is 22.5 Å². The number of nitrogens with one attached hydrogen (secondary N) is 2. The highest BCUT2D eigenvalue weighted by molar-refractivity contribution is 7.80. The van der Waals surface area contributed by atoms with E-state index in [-0.39, 0.29) is 11.0 Å². The number of hydrogen-bond donors (Lipinski definition) is 3. The molecule has 11 heteroatoms. The number of guanidine groups is 1. The lowest BCUT2D eigenvalue weighted by Gasteiger charge is -2.43. The number of benzene rings is 3. The van der Waals surface area contributed by atoms with E-state index in [9.17, 15) is 5.11 Å². The van der Waals surface area contributed by atoms with Crippen molar-refractivity contribution in [1.29, 1.82) is 0 Å². The molecule has 10 nitrogen and oxygen atoms in total. The molecule has 1 saturated heterocycles. The predicted molar refractivity (Wildman–Crippen MR) is 185 cm³/mol. The zero-order valence-corrected chi connectivity index (χ0v) is 27.6. The van der Waals surface area contributed by atoms with Gasteiger partial charge in [-0.3, -0.25) is 5.32 Å². The summed E-state index contributed by atoms with van der Waals surface area (Å²) in [7, 11) is 4.67. The number of ether oxygens (including phenoxy) is 3. The van der Waals surface area contributed by atoms with Crippen LogP contribution in [-0.2, 0) is 5.60 Å². The fourth-order valence-electron chi connectivity index (χ4n) is 5.99. The largest absolute Gasteiger partial charge is 0.493 e. The van der Waals surface area contributed by atoms with Crippen molar-refractivity contribution in [2.24, 2.45) is 10.9 Å². The smallest absolute Gasteiger partial charge is 0.229 e. The molecule has 5 rings (SSSR count). The maximum atomic E-state index is 12.4. The predicted octanol–water partition coefficient (Wildman–Crippen LogP) is 5.93. The molecule has 0 spiro atoms. The van der Waals surface area contributed by atoms with Gasteiger partial charge in [0.15, 0.2) is 11.5 Å². The highest BCUT2D eigenvalue weighted by Gasteiger charge is 2.42. The Bertz CT molecular complexity index is 1590. The van der Waals surface area contributed by atoms with Crippen molar-refractivity contribution in [3.8, 4) is 17.2 Å². The van der Waals surface area contributed by atoms with E-state index >= 15 is 0 Å². The number of aliphatic hydroxyl groups is 1. The molecule has 240 valence electrons. The molecule has 0 unspecified atom stereocenters. The number of thiocarbonyl (C=S) groups is 1. The molecule has 46 heavy (non-hydrogen) atoms. The van der Waals surface area contributed by atoms with Gasteiger partial charge in [0.2, 0.25) is 22.8 Å². The first-order valence-corrected chi connectivity index (χ1v) is 15.5. The number of aromatic nitrogens is 2. The standard InChI is InChI=1S/C35H40N6O4S/c1-23-20-24(2)37-32(36-23)39-33(40-34(46)38-28-21-29(43-3)31(45-5)30(22-28)44-4)41-18-16-27(17-19-41)35(42,25-12-8-6-9-13-25)26-14-10-7-11-15-26/h6-15,20-22,27,42H,16-19H2,1-5H3,(H2,36,37,38,39,40,46). The summed E-state index contributed by atoms with van der Waals surface area (Å²) >= 11 is 5.72. The third-order valence-electron chi connectivity index (χ3n) is 8.14. The lowest BCUT2D eigenvalue weighted by molar-refractivity contribution is -0.00653. The Balaban J connectivity index is 1.42.